The maximum atomic E-state index is 14.3. The highest BCUT2D eigenvalue weighted by Crippen LogP contribution is 2.30. The van der Waals surface area contributed by atoms with Gasteiger partial charge in [0.1, 0.15) is 18.0 Å². The van der Waals surface area contributed by atoms with Crippen LogP contribution in [0.1, 0.15) is 16.8 Å². The summed E-state index contributed by atoms with van der Waals surface area (Å²) in [5.41, 5.74) is 3.86. The molecule has 0 spiro atoms. The second kappa shape index (κ2) is 15.9. The molecular formula is C37H40N6O6S. The Morgan fingerprint density at radius 1 is 0.980 bits per heavy atom. The van der Waals surface area contributed by atoms with Crippen molar-refractivity contribution in [1.29, 1.82) is 0 Å². The fourth-order valence-corrected chi connectivity index (χ4v) is 6.81. The van der Waals surface area contributed by atoms with E-state index in [1.54, 1.807) is 51.5 Å². The predicted molar refractivity (Wildman–Crippen MR) is 190 cm³/mol. The number of carbonyl (C=O) groups is 3. The molecule has 3 heterocycles. The summed E-state index contributed by atoms with van der Waals surface area (Å²) in [7, 11) is -1.10. The van der Waals surface area contributed by atoms with Gasteiger partial charge in [0.15, 0.2) is 0 Å². The first-order chi connectivity index (χ1) is 23.7. The summed E-state index contributed by atoms with van der Waals surface area (Å²) < 4.78 is 11.9. The van der Waals surface area contributed by atoms with Gasteiger partial charge in [0.05, 0.1) is 31.0 Å². The monoisotopic (exact) mass is 696 g/mol. The molecule has 4 N–H and O–H groups in total. The topological polar surface area (TPSA) is 158 Å². The molecule has 3 atom stereocenters. The number of hydrogen-bond donors (Lipinski definition) is 2. The van der Waals surface area contributed by atoms with Gasteiger partial charge in [0, 0.05) is 47.0 Å². The zero-order chi connectivity index (χ0) is 34.5. The average molecular weight is 697 g/mol. The number of pyridine rings is 1. The van der Waals surface area contributed by atoms with Gasteiger partial charge in [-0.15, -0.1) is 6.58 Å². The normalized spacial score (nSPS) is 18.2. The largest absolute Gasteiger partial charge is 0.508 e. The van der Waals surface area contributed by atoms with Crippen molar-refractivity contribution in [2.24, 2.45) is 0 Å². The smallest absolute Gasteiger partial charge is 0.334 e. The molecule has 2 fully saturated rings. The Balaban J connectivity index is 0.00000486. The van der Waals surface area contributed by atoms with Crippen molar-refractivity contribution in [3.05, 3.63) is 127 Å². The van der Waals surface area contributed by atoms with E-state index in [1.807, 2.05) is 72.8 Å². The number of urea groups is 1. The molecule has 0 bridgehead atoms. The summed E-state index contributed by atoms with van der Waals surface area (Å²) in [5.74, 6) is -0.439. The van der Waals surface area contributed by atoms with Crippen LogP contribution in [-0.4, -0.2) is 95.5 Å². The molecule has 260 valence electrons. The van der Waals surface area contributed by atoms with E-state index in [2.05, 4.69) is 11.9 Å². The molecule has 12 nitrogen and oxygen atoms in total. The van der Waals surface area contributed by atoms with Gasteiger partial charge in [-0.25, -0.2) is 14.8 Å². The van der Waals surface area contributed by atoms with Crippen molar-refractivity contribution >= 4 is 28.6 Å². The third-order valence-corrected chi connectivity index (χ3v) is 9.61. The van der Waals surface area contributed by atoms with Crippen LogP contribution in [0.4, 0.5) is 4.79 Å². The first-order valence-electron chi connectivity index (χ1n) is 16.0. The number of benzene rings is 3. The molecule has 13 heteroatoms. The zero-order valence-corrected chi connectivity index (χ0v) is 28.5. The lowest BCUT2D eigenvalue weighted by Crippen LogP contribution is -2.76. The van der Waals surface area contributed by atoms with Crippen LogP contribution in [0.2, 0.25) is 0 Å². The Kier molecular flexibility index (Phi) is 11.4. The Bertz CT molecular complexity index is 1860. The van der Waals surface area contributed by atoms with Crippen molar-refractivity contribution in [3.8, 4) is 17.0 Å². The summed E-state index contributed by atoms with van der Waals surface area (Å²) in [6, 6.07) is 27.7. The minimum Gasteiger partial charge on any atom is -0.508 e. The first kappa shape index (κ1) is 35.9. The number of hydrazine groups is 1. The highest BCUT2D eigenvalue weighted by atomic mass is 32.2. The third-order valence-electron chi connectivity index (χ3n) is 8.67. The van der Waals surface area contributed by atoms with Crippen LogP contribution in [0.5, 0.6) is 5.75 Å². The SMILES string of the molecule is C=CCN1CC(=O)N2[C@@H](Cc3ccc(O)cc3)C(=O)N(Cc3cccc(-c4ccc(S(C)=O)cc4)n3)C[C@@H]2N1C(=O)NCc1ccccc1.O. The number of nitrogens with zero attached hydrogens (tertiary/aromatic N) is 5. The number of carbonyl (C=O) groups excluding carboxylic acids is 3. The minimum absolute atomic E-state index is 0. The van der Waals surface area contributed by atoms with Crippen molar-refractivity contribution in [1.82, 2.24) is 30.1 Å². The van der Waals surface area contributed by atoms with Crippen LogP contribution in [0.3, 0.4) is 0 Å². The Labute approximate surface area is 293 Å². The van der Waals surface area contributed by atoms with Crippen LogP contribution >= 0.6 is 0 Å². The Hall–Kier alpha value is -5.37. The molecule has 0 radical (unpaired) electrons. The molecule has 1 unspecified atom stereocenters. The quantitative estimate of drug-likeness (QED) is 0.241. The number of aromatic nitrogens is 1. The first-order valence-corrected chi connectivity index (χ1v) is 17.5. The van der Waals surface area contributed by atoms with E-state index in [4.69, 9.17) is 4.98 Å². The van der Waals surface area contributed by atoms with Crippen LogP contribution in [0, 0.1) is 0 Å². The van der Waals surface area contributed by atoms with Crippen molar-refractivity contribution in [3.63, 3.8) is 0 Å². The fraction of sp³-hybridized carbons (Fsp3) is 0.243. The van der Waals surface area contributed by atoms with Gasteiger partial charge in [-0.3, -0.25) is 18.8 Å². The summed E-state index contributed by atoms with van der Waals surface area (Å²) in [5, 5.41) is 16.1. The van der Waals surface area contributed by atoms with E-state index in [9.17, 15) is 23.7 Å². The van der Waals surface area contributed by atoms with E-state index in [0.29, 0.717) is 16.3 Å². The molecule has 6 rings (SSSR count). The minimum atomic E-state index is -1.10. The van der Waals surface area contributed by atoms with Gasteiger partial charge in [0.2, 0.25) is 11.8 Å². The lowest BCUT2D eigenvalue weighted by atomic mass is 9.98. The number of phenolic OH excluding ortho intramolecular Hbond substituents is 1. The molecule has 4 aromatic rings. The fourth-order valence-electron chi connectivity index (χ4n) is 6.29. The molecule has 50 heavy (non-hydrogen) atoms. The molecule has 0 saturated carbocycles. The zero-order valence-electron chi connectivity index (χ0n) is 27.6. The number of aromatic hydroxyl groups is 1. The van der Waals surface area contributed by atoms with E-state index in [0.717, 1.165) is 16.7 Å². The Morgan fingerprint density at radius 3 is 2.38 bits per heavy atom. The number of amides is 4. The molecule has 2 aliphatic rings. The summed E-state index contributed by atoms with van der Waals surface area (Å²) >= 11 is 0. The van der Waals surface area contributed by atoms with Gasteiger partial charge in [-0.1, -0.05) is 66.7 Å². The number of nitrogens with one attached hydrogen (secondary N) is 1. The van der Waals surface area contributed by atoms with Crippen LogP contribution < -0.4 is 5.32 Å². The van der Waals surface area contributed by atoms with Crippen LogP contribution in [0.15, 0.2) is 115 Å². The molecule has 0 aliphatic carbocycles. The standard InChI is InChI=1S/C37H38N6O5S.H2O/c1-3-20-41-25-35(45)42-33(21-26-12-16-30(44)17-13-26)36(46)40(24-34(42)43(41)37(47)38-22-27-8-5-4-6-9-27)23-29-10-7-11-32(39-29)28-14-18-31(19-15-28)49(2)48;/h3-19,33-34,44H,1,20-25H2,2H3,(H,38,47);1H2/t33-,34-,49?;/m0./s1. The van der Waals surface area contributed by atoms with Gasteiger partial charge in [0.25, 0.3) is 0 Å². The second-order valence-electron chi connectivity index (χ2n) is 12.0. The van der Waals surface area contributed by atoms with Crippen LogP contribution in [0.25, 0.3) is 11.3 Å². The van der Waals surface area contributed by atoms with Crippen LogP contribution in [-0.2, 0) is 39.9 Å². The van der Waals surface area contributed by atoms with E-state index >= 15 is 0 Å². The number of fused-ring (bicyclic) bond motifs is 1. The summed E-state index contributed by atoms with van der Waals surface area (Å²) in [6.07, 6.45) is 2.66. The highest BCUT2D eigenvalue weighted by Gasteiger charge is 2.51. The number of phenols is 1. The van der Waals surface area contributed by atoms with E-state index in [-0.39, 0.29) is 62.2 Å². The lowest BCUT2D eigenvalue weighted by Gasteiger charge is -2.55. The second-order valence-corrected chi connectivity index (χ2v) is 13.4. The van der Waals surface area contributed by atoms with E-state index in [1.165, 1.54) is 4.90 Å². The summed E-state index contributed by atoms with van der Waals surface area (Å²) in [6.45, 7) is 4.48. The van der Waals surface area contributed by atoms with Gasteiger partial charge in [-0.2, -0.15) is 0 Å². The maximum Gasteiger partial charge on any atom is 0.334 e. The van der Waals surface area contributed by atoms with E-state index < -0.39 is 29.0 Å². The molecule has 3 aromatic carbocycles. The third kappa shape index (κ3) is 7.91. The average Bonchev–Trinajstić information content (AvgIpc) is 3.10. The van der Waals surface area contributed by atoms with Crippen molar-refractivity contribution in [2.75, 3.05) is 25.9 Å². The number of hydrogen-bond acceptors (Lipinski definition) is 7. The number of piperazine rings is 1. The maximum absolute atomic E-state index is 14.3. The lowest BCUT2D eigenvalue weighted by molar-refractivity contribution is -0.189. The molecule has 4 amide bonds. The molecule has 2 saturated heterocycles. The highest BCUT2D eigenvalue weighted by molar-refractivity contribution is 7.84. The predicted octanol–water partition coefficient (Wildman–Crippen LogP) is 3.10. The van der Waals surface area contributed by atoms with Gasteiger partial charge >= 0.3 is 6.03 Å². The number of rotatable bonds is 10. The molecule has 1 aromatic heterocycles. The molecular weight excluding hydrogens is 657 g/mol. The van der Waals surface area contributed by atoms with Crippen molar-refractivity contribution < 1.29 is 29.2 Å². The Morgan fingerprint density at radius 2 is 1.70 bits per heavy atom. The van der Waals surface area contributed by atoms with Gasteiger partial charge in [-0.05, 0) is 47.5 Å². The summed E-state index contributed by atoms with van der Waals surface area (Å²) in [4.78, 5) is 50.9. The van der Waals surface area contributed by atoms with Crippen molar-refractivity contribution in [2.45, 2.75) is 36.6 Å². The molecule has 2 aliphatic heterocycles. The van der Waals surface area contributed by atoms with Gasteiger partial charge < -0.3 is 25.7 Å².